The molecule has 0 unspecified atom stereocenters. The number of hydrogen-bond donors (Lipinski definition) is 1. The minimum Gasteiger partial charge on any atom is -0.395 e. The zero-order valence-electron chi connectivity index (χ0n) is 11.9. The summed E-state index contributed by atoms with van der Waals surface area (Å²) < 4.78 is 35.0. The molecule has 2 aromatic carbocycles. The Morgan fingerprint density at radius 3 is 2.43 bits per heavy atom. The van der Waals surface area contributed by atoms with E-state index in [1.54, 1.807) is 12.1 Å². The van der Waals surface area contributed by atoms with Crippen LogP contribution in [0.2, 0.25) is 0 Å². The Hall–Kier alpha value is -2.96. The summed E-state index contributed by atoms with van der Waals surface area (Å²) in [6.45, 7) is 1.93. The van der Waals surface area contributed by atoms with Gasteiger partial charge in [-0.1, -0.05) is 29.8 Å². The maximum atomic E-state index is 13.1. The van der Waals surface area contributed by atoms with Crippen molar-refractivity contribution in [1.29, 1.82) is 0 Å². The molecule has 0 amide bonds. The molecule has 0 radical (unpaired) electrons. The number of H-pyrrole nitrogens is 1. The second kappa shape index (κ2) is 4.52. The van der Waals surface area contributed by atoms with E-state index in [1.165, 1.54) is 12.1 Å². The van der Waals surface area contributed by atoms with Crippen molar-refractivity contribution >= 4 is 11.0 Å². The molecule has 0 saturated carbocycles. The fraction of sp³-hybridized carbons (Fsp3) is 0.125. The van der Waals surface area contributed by atoms with Gasteiger partial charge in [0, 0.05) is 17.7 Å². The molecule has 0 saturated heterocycles. The average Bonchev–Trinajstić information content (AvgIpc) is 2.78. The van der Waals surface area contributed by atoms with Gasteiger partial charge < -0.3 is 14.5 Å². The summed E-state index contributed by atoms with van der Waals surface area (Å²) in [6, 6.07) is 9.87. The van der Waals surface area contributed by atoms with Gasteiger partial charge in [0.25, 0.3) is 5.56 Å². The van der Waals surface area contributed by atoms with Crippen LogP contribution in [0.4, 0.5) is 8.78 Å². The Bertz CT molecular complexity index is 981. The van der Waals surface area contributed by atoms with Crippen molar-refractivity contribution in [3.8, 4) is 22.8 Å². The fourth-order valence-electron chi connectivity index (χ4n) is 2.44. The van der Waals surface area contributed by atoms with Crippen LogP contribution in [0.25, 0.3) is 22.3 Å². The summed E-state index contributed by atoms with van der Waals surface area (Å²) in [5, 5.41) is 0. The fourth-order valence-corrected chi connectivity index (χ4v) is 2.44. The summed E-state index contributed by atoms with van der Waals surface area (Å²) in [6.07, 6.45) is -3.71. The number of aromatic nitrogens is 2. The van der Waals surface area contributed by atoms with Crippen molar-refractivity contribution in [3.63, 3.8) is 0 Å². The van der Waals surface area contributed by atoms with Crippen LogP contribution in [0.1, 0.15) is 5.56 Å². The summed E-state index contributed by atoms with van der Waals surface area (Å²) in [5.74, 6) is -0.250. The third kappa shape index (κ3) is 2.30. The lowest BCUT2D eigenvalue weighted by atomic mass is 10.1. The van der Waals surface area contributed by atoms with Crippen LogP contribution in [0.3, 0.4) is 0 Å². The molecule has 116 valence electrons. The zero-order valence-corrected chi connectivity index (χ0v) is 11.9. The van der Waals surface area contributed by atoms with Crippen LogP contribution in [0.5, 0.6) is 11.5 Å². The molecule has 1 aromatic heterocycles. The first-order valence-electron chi connectivity index (χ1n) is 6.82. The molecule has 1 N–H and O–H groups in total. The highest BCUT2D eigenvalue weighted by molar-refractivity contribution is 5.81. The smallest absolute Gasteiger partial charge is 0.395 e. The first-order valence-corrected chi connectivity index (χ1v) is 6.82. The molecule has 4 rings (SSSR count). The van der Waals surface area contributed by atoms with E-state index in [2.05, 4.69) is 19.4 Å². The van der Waals surface area contributed by atoms with Crippen molar-refractivity contribution in [1.82, 2.24) is 9.97 Å². The molecule has 3 aromatic rings. The standard InChI is InChI=1S/C16H10F2N2O3/c1-8-2-4-9(5-3-8)14-15(21)20-11-7-13-12(6-10(11)19-14)22-16(17,18)23-13/h2-7H,1H3,(H,20,21). The lowest BCUT2D eigenvalue weighted by molar-refractivity contribution is -0.286. The Balaban J connectivity index is 1.89. The maximum absolute atomic E-state index is 13.1. The van der Waals surface area contributed by atoms with Gasteiger partial charge in [-0.25, -0.2) is 4.98 Å². The Morgan fingerprint density at radius 1 is 1.09 bits per heavy atom. The molecule has 0 fully saturated rings. The van der Waals surface area contributed by atoms with E-state index in [9.17, 15) is 13.6 Å². The van der Waals surface area contributed by atoms with E-state index in [1.807, 2.05) is 19.1 Å². The first-order chi connectivity index (χ1) is 10.9. The van der Waals surface area contributed by atoms with Crippen molar-refractivity contribution in [2.45, 2.75) is 13.2 Å². The van der Waals surface area contributed by atoms with Gasteiger partial charge in [-0.3, -0.25) is 4.79 Å². The number of hydrogen-bond acceptors (Lipinski definition) is 4. The minimum absolute atomic E-state index is 0.114. The van der Waals surface area contributed by atoms with Crippen LogP contribution in [0, 0.1) is 6.92 Å². The number of nitrogens with zero attached hydrogens (tertiary/aromatic N) is 1. The van der Waals surface area contributed by atoms with Crippen molar-refractivity contribution < 1.29 is 18.3 Å². The molecule has 0 aliphatic carbocycles. The van der Waals surface area contributed by atoms with E-state index in [4.69, 9.17) is 0 Å². The van der Waals surface area contributed by atoms with Crippen LogP contribution in [-0.2, 0) is 0 Å². The third-order valence-electron chi connectivity index (χ3n) is 3.54. The Kier molecular flexibility index (Phi) is 2.69. The predicted octanol–water partition coefficient (Wildman–Crippen LogP) is 3.22. The van der Waals surface area contributed by atoms with Crippen LogP contribution in [-0.4, -0.2) is 16.3 Å². The predicted molar refractivity (Wildman–Crippen MR) is 78.7 cm³/mol. The number of nitrogens with one attached hydrogen (secondary N) is 1. The highest BCUT2D eigenvalue weighted by Crippen LogP contribution is 2.42. The first kappa shape index (κ1) is 13.7. The topological polar surface area (TPSA) is 64.2 Å². The Morgan fingerprint density at radius 2 is 1.74 bits per heavy atom. The summed E-state index contributed by atoms with van der Waals surface area (Å²) >= 11 is 0. The second-order valence-electron chi connectivity index (χ2n) is 5.26. The van der Waals surface area contributed by atoms with Gasteiger partial charge in [0.2, 0.25) is 0 Å². The SMILES string of the molecule is Cc1ccc(-c2nc3cc4c(cc3[nH]c2=O)OC(F)(F)O4)cc1. The normalized spacial score (nSPS) is 15.1. The molecular formula is C16H10F2N2O3. The number of fused-ring (bicyclic) bond motifs is 2. The van der Waals surface area contributed by atoms with Crippen LogP contribution < -0.4 is 15.0 Å². The third-order valence-corrected chi connectivity index (χ3v) is 3.54. The average molecular weight is 316 g/mol. The van der Waals surface area contributed by atoms with Gasteiger partial charge in [0.1, 0.15) is 5.69 Å². The highest BCUT2D eigenvalue weighted by atomic mass is 19.3. The van der Waals surface area contributed by atoms with E-state index in [0.717, 1.165) is 5.56 Å². The van der Waals surface area contributed by atoms with Crippen molar-refractivity contribution in [2.75, 3.05) is 0 Å². The second-order valence-corrected chi connectivity index (χ2v) is 5.26. The number of halogens is 2. The van der Waals surface area contributed by atoms with Gasteiger partial charge in [-0.2, -0.15) is 0 Å². The Labute approximate surface area is 128 Å². The lowest BCUT2D eigenvalue weighted by Gasteiger charge is -2.04. The van der Waals surface area contributed by atoms with Gasteiger partial charge in [-0.15, -0.1) is 8.78 Å². The number of alkyl halides is 2. The van der Waals surface area contributed by atoms with Crippen LogP contribution in [0.15, 0.2) is 41.2 Å². The number of ether oxygens (including phenoxy) is 2. The van der Waals surface area contributed by atoms with Crippen molar-refractivity contribution in [3.05, 3.63) is 52.3 Å². The summed E-state index contributed by atoms with van der Waals surface area (Å²) in [5.41, 5.74) is 2.12. The zero-order chi connectivity index (χ0) is 16.2. The molecule has 23 heavy (non-hydrogen) atoms. The number of benzene rings is 2. The molecular weight excluding hydrogens is 306 g/mol. The molecule has 7 heteroatoms. The number of rotatable bonds is 1. The molecule has 1 aliphatic rings. The highest BCUT2D eigenvalue weighted by Gasteiger charge is 2.43. The number of aryl methyl sites for hydroxylation is 1. The molecule has 2 heterocycles. The molecule has 0 atom stereocenters. The molecule has 0 bridgehead atoms. The summed E-state index contributed by atoms with van der Waals surface area (Å²) in [7, 11) is 0. The largest absolute Gasteiger partial charge is 0.586 e. The molecule has 0 spiro atoms. The van der Waals surface area contributed by atoms with E-state index >= 15 is 0 Å². The van der Waals surface area contributed by atoms with Gasteiger partial charge in [0.05, 0.1) is 11.0 Å². The van der Waals surface area contributed by atoms with Gasteiger partial charge in [0.15, 0.2) is 11.5 Å². The van der Waals surface area contributed by atoms with Gasteiger partial charge >= 0.3 is 6.29 Å². The molecule has 5 nitrogen and oxygen atoms in total. The van der Waals surface area contributed by atoms with Crippen LogP contribution >= 0.6 is 0 Å². The van der Waals surface area contributed by atoms with Crippen molar-refractivity contribution in [2.24, 2.45) is 0 Å². The quantitative estimate of drug-likeness (QED) is 0.748. The van der Waals surface area contributed by atoms with Gasteiger partial charge in [-0.05, 0) is 6.92 Å². The van der Waals surface area contributed by atoms with E-state index in [-0.39, 0.29) is 17.2 Å². The molecule has 1 aliphatic heterocycles. The maximum Gasteiger partial charge on any atom is 0.586 e. The van der Waals surface area contributed by atoms with E-state index < -0.39 is 11.9 Å². The van der Waals surface area contributed by atoms with E-state index in [0.29, 0.717) is 16.6 Å². The minimum atomic E-state index is -3.71. The number of aromatic amines is 1. The summed E-state index contributed by atoms with van der Waals surface area (Å²) in [4.78, 5) is 19.1. The lowest BCUT2D eigenvalue weighted by Crippen LogP contribution is -2.25. The monoisotopic (exact) mass is 316 g/mol.